The summed E-state index contributed by atoms with van der Waals surface area (Å²) in [7, 11) is 0. The highest BCUT2D eigenvalue weighted by Crippen LogP contribution is 2.39. The number of hydrogen-bond donors (Lipinski definition) is 1. The number of rotatable bonds is 5. The highest BCUT2D eigenvalue weighted by Gasteiger charge is 2.33. The third-order valence-electron chi connectivity index (χ3n) is 7.09. The summed E-state index contributed by atoms with van der Waals surface area (Å²) < 4.78 is 13.9. The second-order valence-electron chi connectivity index (χ2n) is 9.38. The molecule has 2 bridgehead atoms. The molecule has 1 saturated heterocycles. The monoisotopic (exact) mass is 462 g/mol. The third-order valence-corrected chi connectivity index (χ3v) is 8.29. The van der Waals surface area contributed by atoms with Crippen LogP contribution in [0.2, 0.25) is 0 Å². The van der Waals surface area contributed by atoms with E-state index in [2.05, 4.69) is 33.4 Å². The molecule has 1 amide bonds. The van der Waals surface area contributed by atoms with Gasteiger partial charge in [0, 0.05) is 25.0 Å². The van der Waals surface area contributed by atoms with Crippen LogP contribution in [0.5, 0.6) is 0 Å². The lowest BCUT2D eigenvalue weighted by atomic mass is 9.97. The minimum atomic E-state index is -0.357. The molecule has 2 unspecified atom stereocenters. The maximum atomic E-state index is 13.9. The minimum absolute atomic E-state index is 0.172. The number of hydrogen-bond acceptors (Lipinski definition) is 5. The lowest BCUT2D eigenvalue weighted by Crippen LogP contribution is -2.36. The Bertz CT molecular complexity index is 1270. The smallest absolute Gasteiger partial charge is 0.261 e. The van der Waals surface area contributed by atoms with Crippen molar-refractivity contribution in [3.63, 3.8) is 0 Å². The van der Waals surface area contributed by atoms with Crippen LogP contribution in [0, 0.1) is 42.8 Å². The summed E-state index contributed by atoms with van der Waals surface area (Å²) in [4.78, 5) is 20.7. The van der Waals surface area contributed by atoms with Crippen molar-refractivity contribution in [2.75, 3.05) is 24.5 Å². The SMILES string of the molecule is Cc1nc2sc(C(=O)NCCc3ccc(N4CC5CCC(C5)C4)c(C#N)c3)c(C)c2cc1F. The van der Waals surface area contributed by atoms with Gasteiger partial charge in [-0.05, 0) is 80.7 Å². The number of nitrogens with zero attached hydrogens (tertiary/aromatic N) is 3. The van der Waals surface area contributed by atoms with E-state index in [0.29, 0.717) is 39.3 Å². The zero-order chi connectivity index (χ0) is 23.1. The average Bonchev–Trinajstić information content (AvgIpc) is 3.31. The molecule has 2 aromatic heterocycles. The Morgan fingerprint density at radius 1 is 1.27 bits per heavy atom. The highest BCUT2D eigenvalue weighted by atomic mass is 32.1. The van der Waals surface area contributed by atoms with E-state index in [1.807, 2.05) is 13.0 Å². The number of carbonyl (C=O) groups excluding carboxylic acids is 1. The topological polar surface area (TPSA) is 69.0 Å². The summed E-state index contributed by atoms with van der Waals surface area (Å²) in [5, 5.41) is 13.4. The Morgan fingerprint density at radius 3 is 2.76 bits per heavy atom. The van der Waals surface area contributed by atoms with Crippen molar-refractivity contribution in [2.24, 2.45) is 11.8 Å². The minimum Gasteiger partial charge on any atom is -0.370 e. The number of amides is 1. The first-order valence-corrected chi connectivity index (χ1v) is 12.4. The van der Waals surface area contributed by atoms with Crippen LogP contribution in [0.4, 0.5) is 10.1 Å². The maximum absolute atomic E-state index is 13.9. The van der Waals surface area contributed by atoms with E-state index in [4.69, 9.17) is 0 Å². The number of piperidine rings is 1. The van der Waals surface area contributed by atoms with Gasteiger partial charge in [0.1, 0.15) is 16.7 Å². The Labute approximate surface area is 197 Å². The standard InChI is InChI=1S/C26H27FN4OS/c1-15-21-11-22(27)16(2)30-26(21)33-24(15)25(32)29-8-7-17-5-6-23(20(10-17)12-28)31-13-18-3-4-19(9-18)14-31/h5-6,10-11,18-19H,3-4,7-9,13-14H2,1-2H3,(H,29,32). The van der Waals surface area contributed by atoms with E-state index < -0.39 is 0 Å². The molecule has 2 fully saturated rings. The van der Waals surface area contributed by atoms with Gasteiger partial charge >= 0.3 is 0 Å². The third kappa shape index (κ3) is 4.20. The molecule has 5 nitrogen and oxygen atoms in total. The molecule has 0 radical (unpaired) electrons. The summed E-state index contributed by atoms with van der Waals surface area (Å²) in [6.07, 6.45) is 4.59. The number of benzene rings is 1. The average molecular weight is 463 g/mol. The van der Waals surface area contributed by atoms with Crippen LogP contribution < -0.4 is 10.2 Å². The number of anilines is 1. The zero-order valence-corrected chi connectivity index (χ0v) is 19.8. The normalized spacial score (nSPS) is 19.6. The number of carbonyl (C=O) groups is 1. The van der Waals surface area contributed by atoms with Gasteiger partial charge in [-0.3, -0.25) is 4.79 Å². The Kier molecular flexibility index (Phi) is 5.79. The number of aromatic nitrogens is 1. The number of nitriles is 1. The van der Waals surface area contributed by atoms with Crippen LogP contribution in [0.25, 0.3) is 10.2 Å². The van der Waals surface area contributed by atoms with Gasteiger partial charge in [0.2, 0.25) is 0 Å². The van der Waals surface area contributed by atoms with Crippen molar-refractivity contribution in [2.45, 2.75) is 39.5 Å². The van der Waals surface area contributed by atoms with E-state index in [0.717, 1.165) is 41.7 Å². The maximum Gasteiger partial charge on any atom is 0.261 e. The van der Waals surface area contributed by atoms with Crippen molar-refractivity contribution in [3.05, 3.63) is 57.3 Å². The van der Waals surface area contributed by atoms with Crippen molar-refractivity contribution in [3.8, 4) is 6.07 Å². The fourth-order valence-corrected chi connectivity index (χ4v) is 6.45. The first-order chi connectivity index (χ1) is 15.9. The fourth-order valence-electron chi connectivity index (χ4n) is 5.33. The molecule has 0 spiro atoms. The number of aryl methyl sites for hydroxylation is 2. The predicted molar refractivity (Wildman–Crippen MR) is 129 cm³/mol. The molecule has 2 aliphatic rings. The molecule has 33 heavy (non-hydrogen) atoms. The van der Waals surface area contributed by atoms with Crippen molar-refractivity contribution >= 4 is 33.1 Å². The largest absolute Gasteiger partial charge is 0.370 e. The summed E-state index contributed by atoms with van der Waals surface area (Å²) in [5.41, 5.74) is 3.87. The Hall–Kier alpha value is -2.98. The molecule has 1 saturated carbocycles. The van der Waals surface area contributed by atoms with Crippen molar-refractivity contribution < 1.29 is 9.18 Å². The quantitative estimate of drug-likeness (QED) is 0.571. The molecule has 1 aliphatic carbocycles. The molecule has 3 aromatic rings. The van der Waals surface area contributed by atoms with Gasteiger partial charge in [-0.15, -0.1) is 11.3 Å². The number of pyridine rings is 1. The van der Waals surface area contributed by atoms with Gasteiger partial charge < -0.3 is 10.2 Å². The molecule has 7 heteroatoms. The van der Waals surface area contributed by atoms with E-state index in [1.165, 1.54) is 36.7 Å². The van der Waals surface area contributed by atoms with Crippen LogP contribution in [0.1, 0.15) is 51.3 Å². The number of thiophene rings is 1. The first-order valence-electron chi connectivity index (χ1n) is 11.6. The number of fused-ring (bicyclic) bond motifs is 3. The van der Waals surface area contributed by atoms with Gasteiger partial charge in [0.15, 0.2) is 0 Å². The molecular formula is C26H27FN4OS. The molecule has 2 atom stereocenters. The summed E-state index contributed by atoms with van der Waals surface area (Å²) in [6.45, 7) is 6.01. The molecular weight excluding hydrogens is 435 g/mol. The van der Waals surface area contributed by atoms with Gasteiger partial charge in [0.25, 0.3) is 5.91 Å². The van der Waals surface area contributed by atoms with Crippen molar-refractivity contribution in [1.29, 1.82) is 5.26 Å². The lowest BCUT2D eigenvalue weighted by Gasteiger charge is -2.34. The van der Waals surface area contributed by atoms with E-state index >= 15 is 0 Å². The molecule has 170 valence electrons. The van der Waals surface area contributed by atoms with E-state index in [1.54, 1.807) is 6.92 Å². The van der Waals surface area contributed by atoms with Crippen molar-refractivity contribution in [1.82, 2.24) is 10.3 Å². The predicted octanol–water partition coefficient (Wildman–Crippen LogP) is 5.13. The second-order valence-corrected chi connectivity index (χ2v) is 10.4. The second kappa shape index (κ2) is 8.75. The molecule has 5 rings (SSSR count). The van der Waals surface area contributed by atoms with Gasteiger partial charge in [-0.25, -0.2) is 9.37 Å². The number of nitrogens with one attached hydrogen (secondary N) is 1. The zero-order valence-electron chi connectivity index (χ0n) is 18.9. The Balaban J connectivity index is 1.25. The summed E-state index contributed by atoms with van der Waals surface area (Å²) in [6, 6.07) is 9.93. The summed E-state index contributed by atoms with van der Waals surface area (Å²) >= 11 is 1.29. The van der Waals surface area contributed by atoms with E-state index in [9.17, 15) is 14.4 Å². The fraction of sp³-hybridized carbons (Fsp3) is 0.423. The van der Waals surface area contributed by atoms with Crippen LogP contribution in [-0.4, -0.2) is 30.5 Å². The van der Waals surface area contributed by atoms with Crippen LogP contribution in [0.3, 0.4) is 0 Å². The molecule has 1 aliphatic heterocycles. The molecule has 1 aromatic carbocycles. The van der Waals surface area contributed by atoms with Crippen LogP contribution >= 0.6 is 11.3 Å². The Morgan fingerprint density at radius 2 is 2.03 bits per heavy atom. The molecule has 3 heterocycles. The van der Waals surface area contributed by atoms with E-state index in [-0.39, 0.29) is 11.7 Å². The molecule has 1 N–H and O–H groups in total. The van der Waals surface area contributed by atoms with Gasteiger partial charge in [-0.1, -0.05) is 6.07 Å². The summed E-state index contributed by atoms with van der Waals surface area (Å²) in [5.74, 6) is 0.995. The van der Waals surface area contributed by atoms with Crippen LogP contribution in [-0.2, 0) is 6.42 Å². The van der Waals surface area contributed by atoms with Gasteiger partial charge in [-0.2, -0.15) is 5.26 Å². The number of halogens is 1. The van der Waals surface area contributed by atoms with Crippen LogP contribution in [0.15, 0.2) is 24.3 Å². The van der Waals surface area contributed by atoms with Gasteiger partial charge in [0.05, 0.1) is 21.8 Å². The first kappa shape index (κ1) is 21.8. The lowest BCUT2D eigenvalue weighted by molar-refractivity contribution is 0.0957. The highest BCUT2D eigenvalue weighted by molar-refractivity contribution is 7.20.